The van der Waals surface area contributed by atoms with Crippen LogP contribution in [0.4, 0.5) is 0 Å². The Morgan fingerprint density at radius 1 is 1.22 bits per heavy atom. The molecule has 0 radical (unpaired) electrons. The molecule has 0 N–H and O–H groups in total. The van der Waals surface area contributed by atoms with Crippen molar-refractivity contribution in [3.8, 4) is 11.4 Å². The Morgan fingerprint density at radius 3 is 2.50 bits per heavy atom. The third-order valence-electron chi connectivity index (χ3n) is 2.21. The fourth-order valence-corrected chi connectivity index (χ4v) is 1.74. The zero-order chi connectivity index (χ0) is 13.1. The number of methoxy groups -OCH3 is 1. The minimum atomic E-state index is -0.463. The highest BCUT2D eigenvalue weighted by atomic mass is 79.9. The zero-order valence-corrected chi connectivity index (χ0v) is 11.3. The van der Waals surface area contributed by atoms with Crippen LogP contribution in [0.15, 0.2) is 22.7 Å². The first-order chi connectivity index (χ1) is 8.61. The van der Waals surface area contributed by atoms with Gasteiger partial charge in [0, 0.05) is 10.0 Å². The van der Waals surface area contributed by atoms with Gasteiger partial charge in [0.05, 0.1) is 12.7 Å². The van der Waals surface area contributed by atoms with E-state index in [1.807, 2.05) is 0 Å². The van der Waals surface area contributed by atoms with Crippen molar-refractivity contribution in [1.29, 1.82) is 0 Å². The number of halogens is 1. The number of hydrogen-bond acceptors (Lipinski definition) is 6. The average molecular weight is 309 g/mol. The van der Waals surface area contributed by atoms with Crippen molar-refractivity contribution in [3.05, 3.63) is 34.1 Å². The zero-order valence-electron chi connectivity index (χ0n) is 9.72. The molecule has 0 amide bonds. The number of esters is 1. The number of rotatable bonds is 2. The van der Waals surface area contributed by atoms with E-state index in [-0.39, 0.29) is 5.82 Å². The molecule has 0 spiro atoms. The standard InChI is InChI=1S/C11H9BrN4O2/c1-6-13-15-10(16-14-6)8-4-3-7(12)5-9(8)11(17)18-2/h3-5H,1-2H3. The summed E-state index contributed by atoms with van der Waals surface area (Å²) in [5, 5.41) is 15.5. The Morgan fingerprint density at radius 2 is 1.89 bits per heavy atom. The van der Waals surface area contributed by atoms with Crippen LogP contribution in [0.5, 0.6) is 0 Å². The van der Waals surface area contributed by atoms with Crippen LogP contribution in [0.3, 0.4) is 0 Å². The van der Waals surface area contributed by atoms with Gasteiger partial charge >= 0.3 is 5.97 Å². The molecule has 0 bridgehead atoms. The Hall–Kier alpha value is -1.89. The Kier molecular flexibility index (Phi) is 3.61. The molecule has 0 unspecified atom stereocenters. The maximum absolute atomic E-state index is 11.7. The molecule has 2 aromatic rings. The lowest BCUT2D eigenvalue weighted by molar-refractivity contribution is 0.0601. The number of carbonyl (C=O) groups is 1. The minimum Gasteiger partial charge on any atom is -0.465 e. The minimum absolute atomic E-state index is 0.286. The molecular weight excluding hydrogens is 300 g/mol. The van der Waals surface area contributed by atoms with E-state index in [1.165, 1.54) is 7.11 Å². The highest BCUT2D eigenvalue weighted by molar-refractivity contribution is 9.10. The third kappa shape index (κ3) is 2.51. The summed E-state index contributed by atoms with van der Waals surface area (Å²) < 4.78 is 5.48. The number of ether oxygens (including phenoxy) is 1. The van der Waals surface area contributed by atoms with E-state index < -0.39 is 5.97 Å². The Labute approximate surface area is 112 Å². The number of aryl methyl sites for hydroxylation is 1. The van der Waals surface area contributed by atoms with Crippen molar-refractivity contribution in [2.75, 3.05) is 7.11 Å². The number of benzene rings is 1. The average Bonchev–Trinajstić information content (AvgIpc) is 2.39. The maximum Gasteiger partial charge on any atom is 0.338 e. The van der Waals surface area contributed by atoms with Gasteiger partial charge in [-0.1, -0.05) is 15.9 Å². The lowest BCUT2D eigenvalue weighted by atomic mass is 10.1. The molecule has 2 rings (SSSR count). The smallest absolute Gasteiger partial charge is 0.338 e. The van der Waals surface area contributed by atoms with E-state index in [0.717, 1.165) is 4.47 Å². The van der Waals surface area contributed by atoms with Crippen molar-refractivity contribution in [1.82, 2.24) is 20.4 Å². The highest BCUT2D eigenvalue weighted by Crippen LogP contribution is 2.24. The molecule has 18 heavy (non-hydrogen) atoms. The largest absolute Gasteiger partial charge is 0.465 e. The molecule has 0 aliphatic heterocycles. The van der Waals surface area contributed by atoms with Crippen LogP contribution in [-0.2, 0) is 4.74 Å². The summed E-state index contributed by atoms with van der Waals surface area (Å²) in [6.45, 7) is 1.69. The number of aromatic nitrogens is 4. The van der Waals surface area contributed by atoms with Crippen LogP contribution < -0.4 is 0 Å². The molecule has 0 aliphatic carbocycles. The predicted molar refractivity (Wildman–Crippen MR) is 66.8 cm³/mol. The molecule has 0 aliphatic rings. The van der Waals surface area contributed by atoms with Crippen LogP contribution in [0.2, 0.25) is 0 Å². The van der Waals surface area contributed by atoms with Crippen molar-refractivity contribution < 1.29 is 9.53 Å². The van der Waals surface area contributed by atoms with E-state index in [4.69, 9.17) is 4.74 Å². The topological polar surface area (TPSA) is 77.9 Å². The van der Waals surface area contributed by atoms with Gasteiger partial charge in [0.25, 0.3) is 0 Å². The van der Waals surface area contributed by atoms with Gasteiger partial charge < -0.3 is 4.74 Å². The Balaban J connectivity index is 2.56. The summed E-state index contributed by atoms with van der Waals surface area (Å²) in [6.07, 6.45) is 0. The number of hydrogen-bond donors (Lipinski definition) is 0. The summed E-state index contributed by atoms with van der Waals surface area (Å²) in [6, 6.07) is 5.14. The van der Waals surface area contributed by atoms with Gasteiger partial charge in [-0.15, -0.1) is 20.4 Å². The first kappa shape index (κ1) is 12.6. The molecule has 1 aromatic carbocycles. The van der Waals surface area contributed by atoms with E-state index in [2.05, 4.69) is 36.3 Å². The molecule has 0 fully saturated rings. The molecule has 1 heterocycles. The fraction of sp³-hybridized carbons (Fsp3) is 0.182. The van der Waals surface area contributed by atoms with E-state index in [9.17, 15) is 4.79 Å². The first-order valence-corrected chi connectivity index (χ1v) is 5.83. The van der Waals surface area contributed by atoms with Gasteiger partial charge in [0.2, 0.25) is 5.82 Å². The molecular formula is C11H9BrN4O2. The van der Waals surface area contributed by atoms with Gasteiger partial charge in [-0.25, -0.2) is 4.79 Å². The SMILES string of the molecule is COC(=O)c1cc(Br)ccc1-c1nnc(C)nn1. The van der Waals surface area contributed by atoms with Gasteiger partial charge in [0.15, 0.2) is 5.82 Å². The lowest BCUT2D eigenvalue weighted by Crippen LogP contribution is -2.06. The first-order valence-electron chi connectivity index (χ1n) is 5.04. The van der Waals surface area contributed by atoms with Gasteiger partial charge in [0.1, 0.15) is 0 Å². The molecule has 6 nitrogen and oxygen atoms in total. The van der Waals surface area contributed by atoms with Gasteiger partial charge in [-0.2, -0.15) is 0 Å². The van der Waals surface area contributed by atoms with Crippen LogP contribution >= 0.6 is 15.9 Å². The second-order valence-electron chi connectivity index (χ2n) is 3.45. The Bertz CT molecular complexity index is 586. The van der Waals surface area contributed by atoms with E-state index in [1.54, 1.807) is 25.1 Å². The monoisotopic (exact) mass is 308 g/mol. The number of nitrogens with zero attached hydrogens (tertiary/aromatic N) is 4. The third-order valence-corrected chi connectivity index (χ3v) is 2.70. The van der Waals surface area contributed by atoms with E-state index >= 15 is 0 Å². The summed E-state index contributed by atoms with van der Waals surface area (Å²) >= 11 is 3.30. The van der Waals surface area contributed by atoms with Crippen LogP contribution in [-0.4, -0.2) is 33.5 Å². The normalized spacial score (nSPS) is 10.2. The van der Waals surface area contributed by atoms with Crippen molar-refractivity contribution in [2.45, 2.75) is 6.92 Å². The van der Waals surface area contributed by atoms with Crippen LogP contribution in [0.25, 0.3) is 11.4 Å². The fourth-order valence-electron chi connectivity index (χ4n) is 1.38. The quantitative estimate of drug-likeness (QED) is 0.787. The second kappa shape index (κ2) is 5.18. The summed E-state index contributed by atoms with van der Waals surface area (Å²) in [5.41, 5.74) is 0.893. The second-order valence-corrected chi connectivity index (χ2v) is 4.37. The summed E-state index contributed by atoms with van der Waals surface area (Å²) in [4.78, 5) is 11.7. The van der Waals surface area contributed by atoms with Crippen molar-refractivity contribution in [3.63, 3.8) is 0 Å². The van der Waals surface area contributed by atoms with Crippen molar-refractivity contribution in [2.24, 2.45) is 0 Å². The maximum atomic E-state index is 11.7. The summed E-state index contributed by atoms with van der Waals surface area (Å²) in [7, 11) is 1.32. The van der Waals surface area contributed by atoms with Gasteiger partial charge in [-0.3, -0.25) is 0 Å². The summed E-state index contributed by atoms with van der Waals surface area (Å²) in [5.74, 6) is 0.291. The van der Waals surface area contributed by atoms with Crippen LogP contribution in [0, 0.1) is 6.92 Å². The molecule has 0 saturated heterocycles. The highest BCUT2D eigenvalue weighted by Gasteiger charge is 2.16. The molecule has 0 atom stereocenters. The molecule has 1 aromatic heterocycles. The molecule has 92 valence electrons. The van der Waals surface area contributed by atoms with Gasteiger partial charge in [-0.05, 0) is 25.1 Å². The van der Waals surface area contributed by atoms with Crippen LogP contribution in [0.1, 0.15) is 16.2 Å². The lowest BCUT2D eigenvalue weighted by Gasteiger charge is -2.06. The predicted octanol–water partition coefficient (Wildman–Crippen LogP) is 1.79. The van der Waals surface area contributed by atoms with E-state index in [0.29, 0.717) is 17.0 Å². The molecule has 7 heteroatoms. The molecule has 0 saturated carbocycles. The number of carbonyl (C=O) groups excluding carboxylic acids is 1. The van der Waals surface area contributed by atoms with Crippen molar-refractivity contribution >= 4 is 21.9 Å².